The quantitative estimate of drug-likeness (QED) is 0.819. The molecule has 1 aromatic rings. The van der Waals surface area contributed by atoms with Crippen molar-refractivity contribution >= 4 is 27.5 Å². The van der Waals surface area contributed by atoms with Crippen LogP contribution in [0.3, 0.4) is 0 Å². The summed E-state index contributed by atoms with van der Waals surface area (Å²) < 4.78 is 1.06. The molecule has 100 valence electrons. The van der Waals surface area contributed by atoms with Crippen molar-refractivity contribution < 1.29 is 4.79 Å². The minimum Gasteiger partial charge on any atom is -0.272 e. The number of carbonyl (C=O) groups excluding carboxylic acids is 1. The van der Waals surface area contributed by atoms with Gasteiger partial charge in [-0.2, -0.15) is 5.10 Å². The van der Waals surface area contributed by atoms with E-state index in [1.54, 1.807) is 5.01 Å². The fraction of sp³-hybridized carbons (Fsp3) is 0.467. The van der Waals surface area contributed by atoms with E-state index in [9.17, 15) is 4.79 Å². The van der Waals surface area contributed by atoms with E-state index in [2.05, 4.69) is 33.2 Å². The molecular weight excluding hydrogens is 304 g/mol. The van der Waals surface area contributed by atoms with Crippen LogP contribution < -0.4 is 0 Å². The Labute approximate surface area is 121 Å². The fourth-order valence-electron chi connectivity index (χ4n) is 2.38. The second-order valence-corrected chi connectivity index (χ2v) is 6.91. The SMILES string of the molecule is CC1(C)CC(c2ccc(Br)cc2)=NN(C2CC2)C1=O. The zero-order valence-corrected chi connectivity index (χ0v) is 12.8. The van der Waals surface area contributed by atoms with Gasteiger partial charge < -0.3 is 0 Å². The topological polar surface area (TPSA) is 32.7 Å². The van der Waals surface area contributed by atoms with Gasteiger partial charge in [0.1, 0.15) is 0 Å². The Bertz CT molecular complexity index is 544. The Morgan fingerprint density at radius 2 is 1.89 bits per heavy atom. The molecule has 19 heavy (non-hydrogen) atoms. The van der Waals surface area contributed by atoms with E-state index in [1.807, 2.05) is 26.0 Å². The average Bonchev–Trinajstić information content (AvgIpc) is 3.17. The minimum absolute atomic E-state index is 0.163. The van der Waals surface area contributed by atoms with Crippen LogP contribution in [-0.4, -0.2) is 22.7 Å². The highest BCUT2D eigenvalue weighted by atomic mass is 79.9. The lowest BCUT2D eigenvalue weighted by Crippen LogP contribution is -2.45. The predicted octanol–water partition coefficient (Wildman–Crippen LogP) is 3.57. The van der Waals surface area contributed by atoms with Gasteiger partial charge in [-0.05, 0) is 30.5 Å². The van der Waals surface area contributed by atoms with Gasteiger partial charge in [-0.15, -0.1) is 0 Å². The first-order valence-corrected chi connectivity index (χ1v) is 7.44. The molecule has 0 radical (unpaired) electrons. The molecule has 0 atom stereocenters. The van der Waals surface area contributed by atoms with Crippen molar-refractivity contribution in [3.8, 4) is 0 Å². The predicted molar refractivity (Wildman–Crippen MR) is 78.9 cm³/mol. The Hall–Kier alpha value is -1.16. The first kappa shape index (κ1) is 12.9. The Morgan fingerprint density at radius 1 is 1.26 bits per heavy atom. The number of hydrogen-bond acceptors (Lipinski definition) is 2. The van der Waals surface area contributed by atoms with Crippen LogP contribution in [0.2, 0.25) is 0 Å². The second-order valence-electron chi connectivity index (χ2n) is 6.00. The van der Waals surface area contributed by atoms with E-state index in [4.69, 9.17) is 0 Å². The maximum Gasteiger partial charge on any atom is 0.248 e. The molecule has 1 heterocycles. The highest BCUT2D eigenvalue weighted by Gasteiger charge is 2.43. The molecule has 0 N–H and O–H groups in total. The summed E-state index contributed by atoms with van der Waals surface area (Å²) in [4.78, 5) is 12.4. The molecule has 4 heteroatoms. The molecule has 1 fully saturated rings. The van der Waals surface area contributed by atoms with Gasteiger partial charge in [-0.1, -0.05) is 41.9 Å². The van der Waals surface area contributed by atoms with E-state index in [-0.39, 0.29) is 11.3 Å². The van der Waals surface area contributed by atoms with Crippen LogP contribution in [0.1, 0.15) is 38.7 Å². The van der Waals surface area contributed by atoms with Crippen LogP contribution >= 0.6 is 15.9 Å². The number of hydrazone groups is 1. The van der Waals surface area contributed by atoms with Crippen LogP contribution in [0, 0.1) is 5.41 Å². The Balaban J connectivity index is 1.98. The smallest absolute Gasteiger partial charge is 0.248 e. The highest BCUT2D eigenvalue weighted by Crippen LogP contribution is 2.37. The van der Waals surface area contributed by atoms with E-state index >= 15 is 0 Å². The van der Waals surface area contributed by atoms with Crippen LogP contribution in [0.25, 0.3) is 0 Å². The fourth-order valence-corrected chi connectivity index (χ4v) is 2.65. The van der Waals surface area contributed by atoms with Gasteiger partial charge in [0.2, 0.25) is 5.91 Å². The molecular formula is C15H17BrN2O. The standard InChI is InChI=1S/C15H17BrN2O/c1-15(2)9-13(10-3-5-11(16)6-4-10)17-18(14(15)19)12-7-8-12/h3-6,12H,7-9H2,1-2H3. The molecule has 0 saturated heterocycles. The Morgan fingerprint density at radius 3 is 2.47 bits per heavy atom. The lowest BCUT2D eigenvalue weighted by Gasteiger charge is -2.34. The normalized spacial score (nSPS) is 22.4. The van der Waals surface area contributed by atoms with E-state index in [0.717, 1.165) is 28.6 Å². The first-order valence-electron chi connectivity index (χ1n) is 6.64. The van der Waals surface area contributed by atoms with Crippen LogP contribution in [0.4, 0.5) is 0 Å². The van der Waals surface area contributed by atoms with Gasteiger partial charge in [0.25, 0.3) is 0 Å². The summed E-state index contributed by atoms with van der Waals surface area (Å²) in [6.07, 6.45) is 2.87. The summed E-state index contributed by atoms with van der Waals surface area (Å²) in [7, 11) is 0. The molecule has 3 rings (SSSR count). The van der Waals surface area contributed by atoms with E-state index in [1.165, 1.54) is 0 Å². The molecule has 0 bridgehead atoms. The maximum absolute atomic E-state index is 12.4. The number of amides is 1. The number of rotatable bonds is 2. The van der Waals surface area contributed by atoms with Gasteiger partial charge >= 0.3 is 0 Å². The van der Waals surface area contributed by atoms with Crippen molar-refractivity contribution in [1.82, 2.24) is 5.01 Å². The summed E-state index contributed by atoms with van der Waals surface area (Å²) in [6, 6.07) is 8.48. The van der Waals surface area contributed by atoms with Crippen molar-refractivity contribution in [2.45, 2.75) is 39.2 Å². The van der Waals surface area contributed by atoms with Crippen LogP contribution in [0.5, 0.6) is 0 Å². The summed E-state index contributed by atoms with van der Waals surface area (Å²) in [6.45, 7) is 4.02. The zero-order valence-electron chi connectivity index (χ0n) is 11.2. The summed E-state index contributed by atoms with van der Waals surface area (Å²) in [5.41, 5.74) is 1.77. The van der Waals surface area contributed by atoms with Gasteiger partial charge in [0, 0.05) is 10.9 Å². The molecule has 1 saturated carbocycles. The second kappa shape index (κ2) is 4.44. The Kier molecular flexibility index (Phi) is 3.01. The van der Waals surface area contributed by atoms with Crippen molar-refractivity contribution in [2.24, 2.45) is 10.5 Å². The molecule has 0 aromatic heterocycles. The van der Waals surface area contributed by atoms with Gasteiger partial charge in [-0.25, -0.2) is 5.01 Å². The largest absolute Gasteiger partial charge is 0.272 e. The van der Waals surface area contributed by atoms with Crippen molar-refractivity contribution in [3.05, 3.63) is 34.3 Å². The highest BCUT2D eigenvalue weighted by molar-refractivity contribution is 9.10. The van der Waals surface area contributed by atoms with Crippen LogP contribution in [0.15, 0.2) is 33.8 Å². The van der Waals surface area contributed by atoms with E-state index < -0.39 is 0 Å². The van der Waals surface area contributed by atoms with Crippen molar-refractivity contribution in [3.63, 3.8) is 0 Å². The monoisotopic (exact) mass is 320 g/mol. The lowest BCUT2D eigenvalue weighted by atomic mass is 9.83. The summed E-state index contributed by atoms with van der Waals surface area (Å²) in [5, 5.41) is 6.33. The third kappa shape index (κ3) is 2.46. The molecule has 1 aliphatic carbocycles. The third-order valence-electron chi connectivity index (χ3n) is 3.70. The molecule has 0 unspecified atom stereocenters. The number of halogens is 1. The van der Waals surface area contributed by atoms with E-state index in [0.29, 0.717) is 12.5 Å². The van der Waals surface area contributed by atoms with Gasteiger partial charge in [-0.3, -0.25) is 4.79 Å². The minimum atomic E-state index is -0.354. The molecule has 1 amide bonds. The van der Waals surface area contributed by atoms with Gasteiger partial charge in [0.15, 0.2) is 0 Å². The number of benzene rings is 1. The average molecular weight is 321 g/mol. The summed E-state index contributed by atoms with van der Waals surface area (Å²) >= 11 is 3.44. The maximum atomic E-state index is 12.4. The number of nitrogens with zero attached hydrogens (tertiary/aromatic N) is 2. The van der Waals surface area contributed by atoms with Gasteiger partial charge in [0.05, 0.1) is 17.2 Å². The van der Waals surface area contributed by atoms with Crippen molar-refractivity contribution in [1.29, 1.82) is 0 Å². The molecule has 1 aromatic carbocycles. The molecule has 1 aliphatic heterocycles. The lowest BCUT2D eigenvalue weighted by molar-refractivity contribution is -0.141. The van der Waals surface area contributed by atoms with Crippen molar-refractivity contribution in [2.75, 3.05) is 0 Å². The summed E-state index contributed by atoms with van der Waals surface area (Å²) in [5.74, 6) is 0.163. The molecule has 2 aliphatic rings. The molecule has 3 nitrogen and oxygen atoms in total. The number of carbonyl (C=O) groups is 1. The number of hydrogen-bond donors (Lipinski definition) is 0. The third-order valence-corrected chi connectivity index (χ3v) is 4.22. The van der Waals surface area contributed by atoms with Crippen LogP contribution in [-0.2, 0) is 4.79 Å². The molecule has 0 spiro atoms. The zero-order chi connectivity index (χ0) is 13.6. The first-order chi connectivity index (χ1) is 8.97.